The van der Waals surface area contributed by atoms with Crippen LogP contribution < -0.4 is 0 Å². The van der Waals surface area contributed by atoms with Crippen LogP contribution in [0.1, 0.15) is 39.6 Å². The first-order chi connectivity index (χ1) is 9.21. The van der Waals surface area contributed by atoms with Crippen molar-refractivity contribution < 1.29 is 0 Å². The fourth-order valence-corrected chi connectivity index (χ4v) is 3.83. The summed E-state index contributed by atoms with van der Waals surface area (Å²) in [6.07, 6.45) is 0. The van der Waals surface area contributed by atoms with Gasteiger partial charge in [-0.3, -0.25) is 0 Å². The molecule has 20 heavy (non-hydrogen) atoms. The molecule has 108 valence electrons. The Bertz CT molecular complexity index is 687. The third kappa shape index (κ3) is 1.74. The fourth-order valence-electron chi connectivity index (χ4n) is 3.33. The van der Waals surface area contributed by atoms with Crippen LogP contribution in [-0.4, -0.2) is 9.55 Å². The molecule has 2 nitrogen and oxygen atoms in total. The molecule has 0 amide bonds. The van der Waals surface area contributed by atoms with Gasteiger partial charge in [-0.25, -0.2) is 4.98 Å². The molecule has 1 aromatic carbocycles. The molecule has 0 radical (unpaired) electrons. The lowest BCUT2D eigenvalue weighted by Crippen LogP contribution is -2.05. The van der Waals surface area contributed by atoms with E-state index in [4.69, 9.17) is 34.8 Å². The molecule has 0 bridgehead atoms. The number of rotatable bonds is 2. The van der Waals surface area contributed by atoms with Crippen LogP contribution in [0.4, 0.5) is 0 Å². The van der Waals surface area contributed by atoms with Crippen molar-refractivity contribution in [3.05, 3.63) is 28.0 Å². The van der Waals surface area contributed by atoms with E-state index in [0.717, 1.165) is 16.9 Å². The minimum absolute atomic E-state index is 0.202. The van der Waals surface area contributed by atoms with Crippen molar-refractivity contribution in [3.63, 3.8) is 0 Å². The highest BCUT2D eigenvalue weighted by Gasteiger charge is 2.66. The minimum Gasteiger partial charge on any atom is -0.323 e. The number of alkyl halides is 1. The molecule has 5 heteroatoms. The Morgan fingerprint density at radius 2 is 1.65 bits per heavy atom. The maximum Gasteiger partial charge on any atom is 0.125 e. The second-order valence-electron chi connectivity index (χ2n) is 6.63. The van der Waals surface area contributed by atoms with Gasteiger partial charge in [-0.2, -0.15) is 0 Å². The van der Waals surface area contributed by atoms with Gasteiger partial charge in [0.1, 0.15) is 5.82 Å². The molecule has 1 aromatic heterocycles. The number of nitrogens with zero attached hydrogens (tertiary/aromatic N) is 2. The molecule has 2 aromatic rings. The highest BCUT2D eigenvalue weighted by atomic mass is 35.5. The number of fused-ring (bicyclic) bond motifs is 1. The predicted molar refractivity (Wildman–Crippen MR) is 85.9 cm³/mol. The lowest BCUT2D eigenvalue weighted by atomic mass is 10.0. The quantitative estimate of drug-likeness (QED) is 0.646. The normalized spacial score (nSPS) is 20.6. The maximum absolute atomic E-state index is 6.17. The third-order valence-corrected chi connectivity index (χ3v) is 6.09. The van der Waals surface area contributed by atoms with E-state index in [0.29, 0.717) is 22.0 Å². The molecule has 1 aliphatic carbocycles. The Kier molecular flexibility index (Phi) is 3.10. The van der Waals surface area contributed by atoms with E-state index in [1.807, 2.05) is 12.1 Å². The molecule has 1 fully saturated rings. The first-order valence-electron chi connectivity index (χ1n) is 6.63. The van der Waals surface area contributed by atoms with Gasteiger partial charge in [0.25, 0.3) is 0 Å². The summed E-state index contributed by atoms with van der Waals surface area (Å²) < 4.78 is 2.24. The lowest BCUT2D eigenvalue weighted by Gasteiger charge is -2.10. The smallest absolute Gasteiger partial charge is 0.125 e. The monoisotopic (exact) mass is 330 g/mol. The van der Waals surface area contributed by atoms with Crippen LogP contribution in [0.5, 0.6) is 0 Å². The molecule has 0 aliphatic heterocycles. The van der Waals surface area contributed by atoms with Gasteiger partial charge in [-0.1, -0.05) is 50.9 Å². The maximum atomic E-state index is 6.17. The summed E-state index contributed by atoms with van der Waals surface area (Å²) >= 11 is 18.4. The molecule has 0 N–H and O–H groups in total. The SMILES string of the molecule is CC1(C)C(n2c(CCl)nc3cc(Cl)c(Cl)cc32)C1(C)C. The van der Waals surface area contributed by atoms with Crippen LogP contribution in [0.25, 0.3) is 11.0 Å². The van der Waals surface area contributed by atoms with E-state index >= 15 is 0 Å². The first-order valence-corrected chi connectivity index (χ1v) is 7.92. The van der Waals surface area contributed by atoms with Crippen molar-refractivity contribution in [3.8, 4) is 0 Å². The van der Waals surface area contributed by atoms with Crippen LogP contribution >= 0.6 is 34.8 Å². The summed E-state index contributed by atoms with van der Waals surface area (Å²) in [7, 11) is 0. The van der Waals surface area contributed by atoms with Crippen molar-refractivity contribution in [1.82, 2.24) is 9.55 Å². The molecule has 1 saturated carbocycles. The van der Waals surface area contributed by atoms with E-state index in [2.05, 4.69) is 37.2 Å². The van der Waals surface area contributed by atoms with E-state index in [-0.39, 0.29) is 10.8 Å². The van der Waals surface area contributed by atoms with Crippen LogP contribution in [0.15, 0.2) is 12.1 Å². The Labute approximate surface area is 134 Å². The number of hydrogen-bond acceptors (Lipinski definition) is 1. The highest BCUT2D eigenvalue weighted by molar-refractivity contribution is 6.42. The Hall–Kier alpha value is -0.440. The van der Waals surface area contributed by atoms with E-state index < -0.39 is 0 Å². The fraction of sp³-hybridized carbons (Fsp3) is 0.533. The summed E-state index contributed by atoms with van der Waals surface area (Å²) in [4.78, 5) is 4.61. The van der Waals surface area contributed by atoms with Gasteiger partial charge in [0.2, 0.25) is 0 Å². The molecular formula is C15H17Cl3N2. The van der Waals surface area contributed by atoms with Crippen LogP contribution in [0, 0.1) is 10.8 Å². The Balaban J connectivity index is 2.27. The largest absolute Gasteiger partial charge is 0.323 e. The third-order valence-electron chi connectivity index (χ3n) is 5.13. The zero-order valence-electron chi connectivity index (χ0n) is 12.0. The predicted octanol–water partition coefficient (Wildman–Crippen LogP) is 5.69. The summed E-state index contributed by atoms with van der Waals surface area (Å²) in [5, 5.41) is 1.08. The molecule has 0 spiro atoms. The zero-order chi connectivity index (χ0) is 14.9. The van der Waals surface area contributed by atoms with Gasteiger partial charge in [0.15, 0.2) is 0 Å². The van der Waals surface area contributed by atoms with E-state index in [1.54, 1.807) is 0 Å². The molecule has 3 rings (SSSR count). The van der Waals surface area contributed by atoms with Gasteiger partial charge in [0.05, 0.1) is 27.0 Å². The summed E-state index contributed by atoms with van der Waals surface area (Å²) in [5.41, 5.74) is 2.27. The summed E-state index contributed by atoms with van der Waals surface area (Å²) in [6.45, 7) is 9.11. The minimum atomic E-state index is 0.202. The van der Waals surface area contributed by atoms with Crippen molar-refractivity contribution in [1.29, 1.82) is 0 Å². The summed E-state index contributed by atoms with van der Waals surface area (Å²) in [5.74, 6) is 1.26. The highest BCUT2D eigenvalue weighted by Crippen LogP contribution is 2.72. The molecule has 0 saturated heterocycles. The number of halogens is 3. The summed E-state index contributed by atoms with van der Waals surface area (Å²) in [6, 6.07) is 4.08. The Morgan fingerprint density at radius 1 is 1.10 bits per heavy atom. The number of benzene rings is 1. The average Bonchev–Trinajstić information content (AvgIpc) is 2.65. The standard InChI is InChI=1S/C15H17Cl3N2/c1-14(2)13(15(14,3)4)20-11-6-9(18)8(17)5-10(11)19-12(20)7-16/h5-6,13H,7H2,1-4H3. The second-order valence-corrected chi connectivity index (χ2v) is 7.71. The molecule has 1 heterocycles. The van der Waals surface area contributed by atoms with Crippen LogP contribution in [0.3, 0.4) is 0 Å². The molecule has 1 aliphatic rings. The number of hydrogen-bond donors (Lipinski definition) is 0. The number of imidazole rings is 1. The van der Waals surface area contributed by atoms with Crippen molar-refractivity contribution >= 4 is 45.8 Å². The van der Waals surface area contributed by atoms with Crippen LogP contribution in [-0.2, 0) is 5.88 Å². The topological polar surface area (TPSA) is 17.8 Å². The van der Waals surface area contributed by atoms with Gasteiger partial charge < -0.3 is 4.57 Å². The van der Waals surface area contributed by atoms with E-state index in [9.17, 15) is 0 Å². The molecular weight excluding hydrogens is 315 g/mol. The molecule has 0 unspecified atom stereocenters. The van der Waals surface area contributed by atoms with Crippen LogP contribution in [0.2, 0.25) is 10.0 Å². The average molecular weight is 332 g/mol. The van der Waals surface area contributed by atoms with Crippen molar-refractivity contribution in [2.75, 3.05) is 0 Å². The van der Waals surface area contributed by atoms with Gasteiger partial charge in [-0.05, 0) is 23.0 Å². The second kappa shape index (κ2) is 4.28. The van der Waals surface area contributed by atoms with Gasteiger partial charge in [0, 0.05) is 6.04 Å². The van der Waals surface area contributed by atoms with E-state index in [1.165, 1.54) is 0 Å². The Morgan fingerprint density at radius 3 is 2.15 bits per heavy atom. The lowest BCUT2D eigenvalue weighted by molar-refractivity contribution is 0.457. The van der Waals surface area contributed by atoms with Crippen molar-refractivity contribution in [2.45, 2.75) is 39.6 Å². The van der Waals surface area contributed by atoms with Gasteiger partial charge >= 0.3 is 0 Å². The first kappa shape index (κ1) is 14.5. The number of aromatic nitrogens is 2. The zero-order valence-corrected chi connectivity index (χ0v) is 14.2. The van der Waals surface area contributed by atoms with Crippen molar-refractivity contribution in [2.24, 2.45) is 10.8 Å². The van der Waals surface area contributed by atoms with Gasteiger partial charge in [-0.15, -0.1) is 11.6 Å². The molecule has 0 atom stereocenters.